The second kappa shape index (κ2) is 7.27. The van der Waals surface area contributed by atoms with Crippen LogP contribution >= 0.6 is 0 Å². The summed E-state index contributed by atoms with van der Waals surface area (Å²) in [7, 11) is 0. The van der Waals surface area contributed by atoms with Gasteiger partial charge in [0.15, 0.2) is 0 Å². The van der Waals surface area contributed by atoms with E-state index < -0.39 is 0 Å². The van der Waals surface area contributed by atoms with E-state index in [-0.39, 0.29) is 17.9 Å². The topological polar surface area (TPSA) is 61.4 Å². The van der Waals surface area contributed by atoms with Crippen LogP contribution < -0.4 is 10.6 Å². The van der Waals surface area contributed by atoms with E-state index >= 15 is 0 Å². The molecule has 2 amide bonds. The Morgan fingerprint density at radius 2 is 2.24 bits per heavy atom. The first kappa shape index (κ1) is 14.0. The number of nitrogens with one attached hydrogen (secondary N) is 2. The van der Waals surface area contributed by atoms with Gasteiger partial charge in [-0.15, -0.1) is 0 Å². The minimum Gasteiger partial charge on any atom is -0.356 e. The van der Waals surface area contributed by atoms with Crippen molar-refractivity contribution in [3.05, 3.63) is 0 Å². The molecule has 0 spiro atoms. The Bertz CT molecular complexity index is 268. The van der Waals surface area contributed by atoms with E-state index in [0.29, 0.717) is 19.5 Å². The standard InChI is InChI=1S/C12H23N3O2/c1-3-7-14-10-5-8-15(12(10)17)9-6-11(16)13-4-2/h10,14H,3-9H2,1-2H3,(H,13,16). The first-order chi connectivity index (χ1) is 8.19. The maximum atomic E-state index is 11.9. The normalized spacial score (nSPS) is 19.8. The highest BCUT2D eigenvalue weighted by Gasteiger charge is 2.30. The molecule has 2 N–H and O–H groups in total. The fourth-order valence-electron chi connectivity index (χ4n) is 1.99. The van der Waals surface area contributed by atoms with Gasteiger partial charge in [0.1, 0.15) is 0 Å². The summed E-state index contributed by atoms with van der Waals surface area (Å²) in [6, 6.07) is -0.0378. The van der Waals surface area contributed by atoms with Gasteiger partial charge in [0, 0.05) is 26.1 Å². The molecule has 1 aliphatic rings. The summed E-state index contributed by atoms with van der Waals surface area (Å²) in [5, 5.41) is 5.97. The zero-order valence-corrected chi connectivity index (χ0v) is 10.8. The van der Waals surface area contributed by atoms with Crippen LogP contribution in [0, 0.1) is 0 Å². The molecule has 5 heteroatoms. The number of carbonyl (C=O) groups excluding carboxylic acids is 2. The van der Waals surface area contributed by atoms with Gasteiger partial charge >= 0.3 is 0 Å². The molecule has 1 aliphatic heterocycles. The monoisotopic (exact) mass is 241 g/mol. The number of hydrogen-bond acceptors (Lipinski definition) is 3. The van der Waals surface area contributed by atoms with Crippen LogP contribution in [0.15, 0.2) is 0 Å². The molecule has 98 valence electrons. The van der Waals surface area contributed by atoms with Crippen LogP contribution in [0.3, 0.4) is 0 Å². The molecular formula is C12H23N3O2. The highest BCUT2D eigenvalue weighted by atomic mass is 16.2. The van der Waals surface area contributed by atoms with Crippen molar-refractivity contribution in [2.75, 3.05) is 26.2 Å². The molecule has 0 saturated carbocycles. The molecule has 0 aromatic rings. The molecule has 1 saturated heterocycles. The van der Waals surface area contributed by atoms with Crippen molar-refractivity contribution in [1.29, 1.82) is 0 Å². The van der Waals surface area contributed by atoms with Gasteiger partial charge in [-0.1, -0.05) is 6.92 Å². The van der Waals surface area contributed by atoms with Crippen molar-refractivity contribution in [3.8, 4) is 0 Å². The van der Waals surface area contributed by atoms with Gasteiger partial charge < -0.3 is 15.5 Å². The van der Waals surface area contributed by atoms with Gasteiger partial charge in [0.2, 0.25) is 11.8 Å². The van der Waals surface area contributed by atoms with Crippen LogP contribution in [0.25, 0.3) is 0 Å². The zero-order valence-electron chi connectivity index (χ0n) is 10.8. The van der Waals surface area contributed by atoms with Crippen molar-refractivity contribution in [3.63, 3.8) is 0 Å². The summed E-state index contributed by atoms with van der Waals surface area (Å²) in [4.78, 5) is 25.0. The molecule has 17 heavy (non-hydrogen) atoms. The predicted octanol–water partition coefficient (Wildman–Crippen LogP) is 0.113. The Morgan fingerprint density at radius 1 is 1.47 bits per heavy atom. The Morgan fingerprint density at radius 3 is 2.88 bits per heavy atom. The smallest absolute Gasteiger partial charge is 0.239 e. The number of likely N-dealkylation sites (tertiary alicyclic amines) is 1. The van der Waals surface area contributed by atoms with Gasteiger partial charge in [-0.25, -0.2) is 0 Å². The van der Waals surface area contributed by atoms with Gasteiger partial charge in [0.25, 0.3) is 0 Å². The average molecular weight is 241 g/mol. The Balaban J connectivity index is 2.27. The molecule has 0 radical (unpaired) electrons. The van der Waals surface area contributed by atoms with Crippen molar-refractivity contribution in [2.45, 2.75) is 39.2 Å². The van der Waals surface area contributed by atoms with Crippen molar-refractivity contribution < 1.29 is 9.59 Å². The third kappa shape index (κ3) is 4.34. The molecule has 1 rings (SSSR count). The van der Waals surface area contributed by atoms with Crippen LogP contribution in [0.4, 0.5) is 0 Å². The molecule has 0 bridgehead atoms. The lowest BCUT2D eigenvalue weighted by Gasteiger charge is -2.16. The Kier molecular flexibility index (Phi) is 5.97. The van der Waals surface area contributed by atoms with Gasteiger partial charge in [-0.3, -0.25) is 9.59 Å². The zero-order chi connectivity index (χ0) is 12.7. The number of rotatable bonds is 7. The second-order valence-corrected chi connectivity index (χ2v) is 4.32. The highest BCUT2D eigenvalue weighted by Crippen LogP contribution is 2.11. The lowest BCUT2D eigenvalue weighted by atomic mass is 10.2. The highest BCUT2D eigenvalue weighted by molar-refractivity contribution is 5.84. The van der Waals surface area contributed by atoms with E-state index in [4.69, 9.17) is 0 Å². The fraction of sp³-hybridized carbons (Fsp3) is 0.833. The van der Waals surface area contributed by atoms with Gasteiger partial charge in [-0.2, -0.15) is 0 Å². The van der Waals surface area contributed by atoms with Crippen LogP contribution in [-0.4, -0.2) is 48.9 Å². The molecule has 0 aromatic heterocycles. The number of hydrogen-bond donors (Lipinski definition) is 2. The molecular weight excluding hydrogens is 218 g/mol. The number of nitrogens with zero attached hydrogens (tertiary/aromatic N) is 1. The quantitative estimate of drug-likeness (QED) is 0.665. The van der Waals surface area contributed by atoms with E-state index in [2.05, 4.69) is 17.6 Å². The van der Waals surface area contributed by atoms with Crippen LogP contribution in [0.2, 0.25) is 0 Å². The van der Waals surface area contributed by atoms with E-state index in [1.165, 1.54) is 0 Å². The molecule has 0 aromatic carbocycles. The van der Waals surface area contributed by atoms with Crippen LogP contribution in [0.5, 0.6) is 0 Å². The molecule has 1 heterocycles. The summed E-state index contributed by atoms with van der Waals surface area (Å²) < 4.78 is 0. The number of carbonyl (C=O) groups is 2. The minimum absolute atomic E-state index is 0.0188. The van der Waals surface area contributed by atoms with E-state index in [1.54, 1.807) is 4.90 Å². The minimum atomic E-state index is -0.0378. The first-order valence-corrected chi connectivity index (χ1v) is 6.47. The predicted molar refractivity (Wildman–Crippen MR) is 66.6 cm³/mol. The lowest BCUT2D eigenvalue weighted by Crippen LogP contribution is -2.39. The Hall–Kier alpha value is -1.10. The van der Waals surface area contributed by atoms with Crippen LogP contribution in [-0.2, 0) is 9.59 Å². The van der Waals surface area contributed by atoms with Gasteiger partial charge in [0.05, 0.1) is 6.04 Å². The summed E-state index contributed by atoms with van der Waals surface area (Å²) in [5.74, 6) is 0.160. The second-order valence-electron chi connectivity index (χ2n) is 4.32. The van der Waals surface area contributed by atoms with Crippen LogP contribution in [0.1, 0.15) is 33.1 Å². The first-order valence-electron chi connectivity index (χ1n) is 6.47. The van der Waals surface area contributed by atoms with Crippen molar-refractivity contribution in [1.82, 2.24) is 15.5 Å². The summed E-state index contributed by atoms with van der Waals surface area (Å²) >= 11 is 0. The molecule has 1 unspecified atom stereocenters. The summed E-state index contributed by atoms with van der Waals surface area (Å²) in [6.07, 6.45) is 2.29. The van der Waals surface area contributed by atoms with Crippen molar-refractivity contribution in [2.24, 2.45) is 0 Å². The third-order valence-corrected chi connectivity index (χ3v) is 2.92. The maximum absolute atomic E-state index is 11.9. The lowest BCUT2D eigenvalue weighted by molar-refractivity contribution is -0.130. The molecule has 5 nitrogen and oxygen atoms in total. The molecule has 1 fully saturated rings. The third-order valence-electron chi connectivity index (χ3n) is 2.92. The van der Waals surface area contributed by atoms with E-state index in [1.807, 2.05) is 6.92 Å². The average Bonchev–Trinajstić information content (AvgIpc) is 2.66. The summed E-state index contributed by atoms with van der Waals surface area (Å²) in [6.45, 7) is 6.80. The number of amides is 2. The van der Waals surface area contributed by atoms with Gasteiger partial charge in [-0.05, 0) is 26.3 Å². The SMILES string of the molecule is CCCNC1CCN(CCC(=O)NCC)C1=O. The summed E-state index contributed by atoms with van der Waals surface area (Å²) in [5.41, 5.74) is 0. The maximum Gasteiger partial charge on any atom is 0.239 e. The molecule has 0 aliphatic carbocycles. The fourth-order valence-corrected chi connectivity index (χ4v) is 1.99. The molecule has 1 atom stereocenters. The van der Waals surface area contributed by atoms with E-state index in [0.717, 1.165) is 25.9 Å². The van der Waals surface area contributed by atoms with Crippen molar-refractivity contribution >= 4 is 11.8 Å². The van der Waals surface area contributed by atoms with E-state index in [9.17, 15) is 9.59 Å². The largest absolute Gasteiger partial charge is 0.356 e. The Labute approximate surface area is 103 Å².